The number of para-hydroxylation sites is 1. The minimum atomic E-state index is -0.593. The highest BCUT2D eigenvalue weighted by Gasteiger charge is 2.52. The average Bonchev–Trinajstić information content (AvgIpc) is 3.24. The van der Waals surface area contributed by atoms with Crippen LogP contribution in [0.15, 0.2) is 41.8 Å². The molecular weight excluding hydrogens is 334 g/mol. The molecule has 1 spiro atoms. The summed E-state index contributed by atoms with van der Waals surface area (Å²) in [7, 11) is 1.83. The molecule has 0 bridgehead atoms. The molecule has 1 atom stereocenters. The Morgan fingerprint density at radius 2 is 2.12 bits per heavy atom. The number of hydrogen-bond donors (Lipinski definition) is 1. The maximum atomic E-state index is 13.0. The summed E-state index contributed by atoms with van der Waals surface area (Å²) in [6.07, 6.45) is 1.63. The number of likely N-dealkylation sites (tertiary alicyclic amines) is 1. The van der Waals surface area contributed by atoms with Crippen LogP contribution in [0.2, 0.25) is 0 Å². The monoisotopic (exact) mass is 355 g/mol. The third kappa shape index (κ3) is 2.61. The Balaban J connectivity index is 1.54. The zero-order valence-electron chi connectivity index (χ0n) is 14.2. The second-order valence-corrected chi connectivity index (χ2v) is 7.76. The van der Waals surface area contributed by atoms with Crippen molar-refractivity contribution in [1.82, 2.24) is 10.2 Å². The number of carbonyl (C=O) groups excluding carboxylic acids is 2. The molecule has 1 N–H and O–H groups in total. The van der Waals surface area contributed by atoms with Gasteiger partial charge in [0, 0.05) is 30.7 Å². The molecule has 130 valence electrons. The number of urea groups is 1. The quantitative estimate of drug-likeness (QED) is 0.900. The number of carbonyl (C=O) groups is 2. The fraction of sp³-hybridized carbons (Fsp3) is 0.368. The third-order valence-corrected chi connectivity index (χ3v) is 6.14. The SMILES string of the molecule is CN1C(=O)[C@@]2(CCCN(C(=O)NCc3cccs3)C2)c2ccccc21. The number of benzene rings is 1. The number of likely N-dealkylation sites (N-methyl/N-ethyl adjacent to an activating group) is 1. The molecule has 5 nitrogen and oxygen atoms in total. The zero-order valence-corrected chi connectivity index (χ0v) is 15.0. The summed E-state index contributed by atoms with van der Waals surface area (Å²) in [6, 6.07) is 11.8. The van der Waals surface area contributed by atoms with E-state index in [-0.39, 0.29) is 11.9 Å². The summed E-state index contributed by atoms with van der Waals surface area (Å²) in [5.74, 6) is 0.101. The number of fused-ring (bicyclic) bond motifs is 2. The van der Waals surface area contributed by atoms with Crippen LogP contribution in [0.3, 0.4) is 0 Å². The Hall–Kier alpha value is -2.34. The molecule has 2 aromatic rings. The molecule has 1 aromatic heterocycles. The molecule has 1 saturated heterocycles. The van der Waals surface area contributed by atoms with E-state index in [0.29, 0.717) is 19.6 Å². The molecule has 1 aromatic carbocycles. The van der Waals surface area contributed by atoms with Crippen LogP contribution in [-0.2, 0) is 16.8 Å². The molecule has 2 aliphatic heterocycles. The predicted octanol–water partition coefficient (Wildman–Crippen LogP) is 2.97. The van der Waals surface area contributed by atoms with Crippen molar-refractivity contribution < 1.29 is 9.59 Å². The lowest BCUT2D eigenvalue weighted by molar-refractivity contribution is -0.124. The summed E-state index contributed by atoms with van der Waals surface area (Å²) in [5.41, 5.74) is 1.43. The minimum Gasteiger partial charge on any atom is -0.333 e. The average molecular weight is 355 g/mol. The third-order valence-electron chi connectivity index (χ3n) is 5.27. The number of piperidine rings is 1. The number of rotatable bonds is 2. The number of nitrogens with one attached hydrogen (secondary N) is 1. The van der Waals surface area contributed by atoms with Crippen molar-refractivity contribution in [1.29, 1.82) is 0 Å². The zero-order chi connectivity index (χ0) is 17.4. The highest BCUT2D eigenvalue weighted by molar-refractivity contribution is 7.09. The van der Waals surface area contributed by atoms with E-state index in [1.54, 1.807) is 21.1 Å². The van der Waals surface area contributed by atoms with Gasteiger partial charge in [-0.05, 0) is 35.9 Å². The Bertz CT molecular complexity index is 805. The molecule has 3 amide bonds. The van der Waals surface area contributed by atoms with Gasteiger partial charge in [0.1, 0.15) is 0 Å². The molecule has 2 aliphatic rings. The number of nitrogens with zero attached hydrogens (tertiary/aromatic N) is 2. The van der Waals surface area contributed by atoms with Gasteiger partial charge in [0.2, 0.25) is 5.91 Å². The maximum absolute atomic E-state index is 13.0. The van der Waals surface area contributed by atoms with Crippen LogP contribution in [0.4, 0.5) is 10.5 Å². The number of amides is 3. The van der Waals surface area contributed by atoms with Crippen LogP contribution >= 0.6 is 11.3 Å². The maximum Gasteiger partial charge on any atom is 0.317 e. The summed E-state index contributed by atoms with van der Waals surface area (Å²) in [6.45, 7) is 1.67. The van der Waals surface area contributed by atoms with E-state index in [1.165, 1.54) is 0 Å². The number of thiophene rings is 1. The molecule has 1 fully saturated rings. The van der Waals surface area contributed by atoms with Crippen molar-refractivity contribution in [3.05, 3.63) is 52.2 Å². The van der Waals surface area contributed by atoms with E-state index in [1.807, 2.05) is 48.8 Å². The van der Waals surface area contributed by atoms with Gasteiger partial charge in [0.25, 0.3) is 0 Å². The fourth-order valence-electron chi connectivity index (χ4n) is 4.03. The normalized spacial score (nSPS) is 22.4. The van der Waals surface area contributed by atoms with Crippen molar-refractivity contribution in [2.24, 2.45) is 0 Å². The predicted molar refractivity (Wildman–Crippen MR) is 98.9 cm³/mol. The molecule has 6 heteroatoms. The molecular formula is C19H21N3O2S. The Morgan fingerprint density at radius 1 is 1.28 bits per heavy atom. The second kappa shape index (κ2) is 6.19. The standard InChI is InChI=1S/C19H21N3O2S/c1-21-16-8-3-2-7-15(16)19(17(21)23)9-5-10-22(13-19)18(24)20-12-14-6-4-11-25-14/h2-4,6-8,11H,5,9-10,12-13H2,1H3,(H,20,24)/t19-/m1/s1. The lowest BCUT2D eigenvalue weighted by Gasteiger charge is -2.39. The Labute approximate surface area is 151 Å². The Kier molecular flexibility index (Phi) is 4.00. The first-order valence-corrected chi connectivity index (χ1v) is 9.43. The summed E-state index contributed by atoms with van der Waals surface area (Å²) in [4.78, 5) is 30.3. The number of hydrogen-bond acceptors (Lipinski definition) is 3. The van der Waals surface area contributed by atoms with Crippen molar-refractivity contribution in [3.8, 4) is 0 Å². The van der Waals surface area contributed by atoms with Crippen molar-refractivity contribution in [2.75, 3.05) is 25.0 Å². The van der Waals surface area contributed by atoms with Crippen LogP contribution in [0, 0.1) is 0 Å². The van der Waals surface area contributed by atoms with Crippen molar-refractivity contribution in [2.45, 2.75) is 24.8 Å². The Morgan fingerprint density at radius 3 is 2.92 bits per heavy atom. The van der Waals surface area contributed by atoms with E-state index in [9.17, 15) is 9.59 Å². The van der Waals surface area contributed by atoms with Gasteiger partial charge in [-0.15, -0.1) is 11.3 Å². The van der Waals surface area contributed by atoms with Gasteiger partial charge in [-0.1, -0.05) is 24.3 Å². The van der Waals surface area contributed by atoms with Crippen LogP contribution < -0.4 is 10.2 Å². The fourth-order valence-corrected chi connectivity index (χ4v) is 4.67. The first-order valence-electron chi connectivity index (χ1n) is 8.55. The summed E-state index contributed by atoms with van der Waals surface area (Å²) >= 11 is 1.63. The van der Waals surface area contributed by atoms with Gasteiger partial charge in [-0.2, -0.15) is 0 Å². The van der Waals surface area contributed by atoms with E-state index in [0.717, 1.165) is 29.0 Å². The molecule has 0 saturated carbocycles. The minimum absolute atomic E-state index is 0.0905. The molecule has 3 heterocycles. The lowest BCUT2D eigenvalue weighted by Crippen LogP contribution is -2.55. The van der Waals surface area contributed by atoms with Crippen LogP contribution in [0.25, 0.3) is 0 Å². The van der Waals surface area contributed by atoms with Crippen molar-refractivity contribution >= 4 is 29.0 Å². The second-order valence-electron chi connectivity index (χ2n) is 6.73. The number of anilines is 1. The van der Waals surface area contributed by atoms with Crippen LogP contribution in [0.1, 0.15) is 23.3 Å². The smallest absolute Gasteiger partial charge is 0.317 e. The molecule has 4 rings (SSSR count). The van der Waals surface area contributed by atoms with Gasteiger partial charge in [0.15, 0.2) is 0 Å². The van der Waals surface area contributed by atoms with E-state index in [4.69, 9.17) is 0 Å². The molecule has 0 aliphatic carbocycles. The first kappa shape index (κ1) is 16.1. The topological polar surface area (TPSA) is 52.7 Å². The largest absolute Gasteiger partial charge is 0.333 e. The molecule has 25 heavy (non-hydrogen) atoms. The highest BCUT2D eigenvalue weighted by atomic mass is 32.1. The van der Waals surface area contributed by atoms with E-state index in [2.05, 4.69) is 5.32 Å². The van der Waals surface area contributed by atoms with Crippen LogP contribution in [0.5, 0.6) is 0 Å². The van der Waals surface area contributed by atoms with Gasteiger partial charge in [0.05, 0.1) is 12.0 Å². The van der Waals surface area contributed by atoms with E-state index >= 15 is 0 Å². The van der Waals surface area contributed by atoms with Gasteiger partial charge in [-0.3, -0.25) is 4.79 Å². The van der Waals surface area contributed by atoms with Gasteiger partial charge in [-0.25, -0.2) is 4.79 Å². The first-order chi connectivity index (χ1) is 12.1. The summed E-state index contributed by atoms with van der Waals surface area (Å²) < 4.78 is 0. The van der Waals surface area contributed by atoms with Crippen LogP contribution in [-0.4, -0.2) is 37.0 Å². The molecule has 0 unspecified atom stereocenters. The van der Waals surface area contributed by atoms with Crippen molar-refractivity contribution in [3.63, 3.8) is 0 Å². The van der Waals surface area contributed by atoms with Gasteiger partial charge < -0.3 is 15.1 Å². The highest BCUT2D eigenvalue weighted by Crippen LogP contribution is 2.46. The van der Waals surface area contributed by atoms with E-state index < -0.39 is 5.41 Å². The lowest BCUT2D eigenvalue weighted by atomic mass is 9.75. The molecule has 0 radical (unpaired) electrons. The summed E-state index contributed by atoms with van der Waals surface area (Å²) in [5, 5.41) is 4.98. The van der Waals surface area contributed by atoms with Gasteiger partial charge >= 0.3 is 6.03 Å².